The van der Waals surface area contributed by atoms with E-state index in [-0.39, 0.29) is 11.9 Å². The summed E-state index contributed by atoms with van der Waals surface area (Å²) in [5.74, 6) is 0.165. The molecule has 2 fully saturated rings. The van der Waals surface area contributed by atoms with E-state index < -0.39 is 0 Å². The number of anilines is 1. The Labute approximate surface area is 149 Å². The van der Waals surface area contributed by atoms with Crippen LogP contribution in [0.4, 0.5) is 5.69 Å². The summed E-state index contributed by atoms with van der Waals surface area (Å²) in [6, 6.07) is 8.10. The second-order valence-corrected chi connectivity index (χ2v) is 7.04. The highest BCUT2D eigenvalue weighted by atomic mass is 35.5. The average molecular weight is 351 g/mol. The molecule has 6 heteroatoms. The molecule has 0 radical (unpaired) electrons. The molecule has 1 atom stereocenters. The highest BCUT2D eigenvalue weighted by Crippen LogP contribution is 2.20. The molecule has 3 rings (SSSR count). The van der Waals surface area contributed by atoms with Crippen molar-refractivity contribution in [3.05, 3.63) is 29.3 Å². The molecule has 24 heavy (non-hydrogen) atoms. The lowest BCUT2D eigenvalue weighted by Gasteiger charge is -2.36. The van der Waals surface area contributed by atoms with E-state index in [0.29, 0.717) is 0 Å². The van der Waals surface area contributed by atoms with Crippen molar-refractivity contribution in [2.75, 3.05) is 50.7 Å². The summed E-state index contributed by atoms with van der Waals surface area (Å²) in [4.78, 5) is 16.8. The Kier molecular flexibility index (Phi) is 6.35. The number of rotatable bonds is 6. The Hall–Kier alpha value is -1.30. The number of carbonyl (C=O) groups excluding carboxylic acids is 1. The highest BCUT2D eigenvalue weighted by Gasteiger charge is 2.21. The molecule has 5 nitrogen and oxygen atoms in total. The minimum atomic E-state index is 0.0336. The Balaban J connectivity index is 1.32. The monoisotopic (exact) mass is 350 g/mol. The van der Waals surface area contributed by atoms with Crippen molar-refractivity contribution in [1.29, 1.82) is 0 Å². The average Bonchev–Trinajstić information content (AvgIpc) is 3.14. The number of hydrogen-bond donors (Lipinski definition) is 2. The molecule has 0 bridgehead atoms. The fraction of sp³-hybridized carbons (Fsp3) is 0.611. The number of nitrogens with one attached hydrogen (secondary N) is 2. The van der Waals surface area contributed by atoms with Crippen LogP contribution in [-0.4, -0.2) is 62.7 Å². The van der Waals surface area contributed by atoms with E-state index >= 15 is 0 Å². The van der Waals surface area contributed by atoms with Crippen molar-refractivity contribution in [3.8, 4) is 0 Å². The minimum absolute atomic E-state index is 0.0336. The number of carbonyl (C=O) groups is 1. The number of amides is 1. The van der Waals surface area contributed by atoms with Gasteiger partial charge in [0.2, 0.25) is 5.91 Å². The van der Waals surface area contributed by atoms with Crippen molar-refractivity contribution in [2.45, 2.75) is 25.3 Å². The first-order valence-corrected chi connectivity index (χ1v) is 9.34. The van der Waals surface area contributed by atoms with Gasteiger partial charge in [0.05, 0.1) is 6.04 Å². The largest absolute Gasteiger partial charge is 0.369 e. The second kappa shape index (κ2) is 8.70. The van der Waals surface area contributed by atoms with Gasteiger partial charge in [0.25, 0.3) is 0 Å². The van der Waals surface area contributed by atoms with E-state index in [9.17, 15) is 4.79 Å². The maximum Gasteiger partial charge on any atom is 0.237 e. The van der Waals surface area contributed by atoms with Gasteiger partial charge in [-0.05, 0) is 50.6 Å². The van der Waals surface area contributed by atoms with Gasteiger partial charge in [0, 0.05) is 43.4 Å². The first kappa shape index (κ1) is 17.5. The summed E-state index contributed by atoms with van der Waals surface area (Å²) in [6.07, 6.45) is 3.09. The van der Waals surface area contributed by atoms with Gasteiger partial charge in [0.1, 0.15) is 0 Å². The third-order valence-corrected chi connectivity index (χ3v) is 5.11. The second-order valence-electron chi connectivity index (χ2n) is 6.60. The zero-order valence-corrected chi connectivity index (χ0v) is 14.9. The number of piperazine rings is 1. The van der Waals surface area contributed by atoms with Crippen LogP contribution in [0, 0.1) is 0 Å². The molecule has 2 aliphatic rings. The summed E-state index contributed by atoms with van der Waals surface area (Å²) in [6.45, 7) is 6.95. The molecule has 1 aromatic carbocycles. The number of benzene rings is 1. The number of hydrogen-bond acceptors (Lipinski definition) is 4. The standard InChI is InChI=1S/C18H27ClN4O/c19-15-4-1-5-16(14-15)23-12-10-22(11-13-23)9-3-8-21-18(24)17-6-2-7-20-17/h1,4-5,14,17,20H,2-3,6-13H2,(H,21,24). The fourth-order valence-corrected chi connectivity index (χ4v) is 3.63. The molecule has 2 aliphatic heterocycles. The Bertz CT molecular complexity index is 540. The van der Waals surface area contributed by atoms with Gasteiger partial charge < -0.3 is 15.5 Å². The van der Waals surface area contributed by atoms with E-state index in [0.717, 1.165) is 70.1 Å². The number of nitrogens with zero attached hydrogens (tertiary/aromatic N) is 2. The Morgan fingerprint density at radius 1 is 1.29 bits per heavy atom. The minimum Gasteiger partial charge on any atom is -0.369 e. The lowest BCUT2D eigenvalue weighted by atomic mass is 10.2. The summed E-state index contributed by atoms with van der Waals surface area (Å²) < 4.78 is 0. The van der Waals surface area contributed by atoms with Crippen LogP contribution in [0.5, 0.6) is 0 Å². The summed E-state index contributed by atoms with van der Waals surface area (Å²) >= 11 is 6.07. The first-order chi connectivity index (χ1) is 11.7. The lowest BCUT2D eigenvalue weighted by molar-refractivity contribution is -0.122. The Morgan fingerprint density at radius 2 is 2.12 bits per heavy atom. The highest BCUT2D eigenvalue weighted by molar-refractivity contribution is 6.30. The van der Waals surface area contributed by atoms with Gasteiger partial charge in [0.15, 0.2) is 0 Å². The molecule has 132 valence electrons. The van der Waals surface area contributed by atoms with Crippen LogP contribution in [0.2, 0.25) is 5.02 Å². The van der Waals surface area contributed by atoms with E-state index in [1.54, 1.807) is 0 Å². The molecule has 0 aromatic heterocycles. The topological polar surface area (TPSA) is 47.6 Å². The van der Waals surface area contributed by atoms with Crippen molar-refractivity contribution >= 4 is 23.2 Å². The third kappa shape index (κ3) is 4.85. The lowest BCUT2D eigenvalue weighted by Crippen LogP contribution is -2.47. The normalized spacial score (nSPS) is 21.9. The molecule has 2 N–H and O–H groups in total. The zero-order valence-electron chi connectivity index (χ0n) is 14.1. The summed E-state index contributed by atoms with van der Waals surface area (Å²) in [5.41, 5.74) is 1.21. The number of halogens is 1. The van der Waals surface area contributed by atoms with Gasteiger partial charge in [-0.15, -0.1) is 0 Å². The first-order valence-electron chi connectivity index (χ1n) is 8.96. The van der Waals surface area contributed by atoms with Gasteiger partial charge >= 0.3 is 0 Å². The van der Waals surface area contributed by atoms with Crippen LogP contribution >= 0.6 is 11.6 Å². The van der Waals surface area contributed by atoms with Gasteiger partial charge in [-0.1, -0.05) is 17.7 Å². The molecule has 1 amide bonds. The van der Waals surface area contributed by atoms with Crippen molar-refractivity contribution < 1.29 is 4.79 Å². The predicted octanol–water partition coefficient (Wildman–Crippen LogP) is 1.72. The van der Waals surface area contributed by atoms with Gasteiger partial charge in [-0.3, -0.25) is 9.69 Å². The van der Waals surface area contributed by atoms with Crippen molar-refractivity contribution in [3.63, 3.8) is 0 Å². The van der Waals surface area contributed by atoms with Gasteiger partial charge in [-0.25, -0.2) is 0 Å². The zero-order chi connectivity index (χ0) is 16.8. The van der Waals surface area contributed by atoms with E-state index in [1.807, 2.05) is 18.2 Å². The van der Waals surface area contributed by atoms with Gasteiger partial charge in [-0.2, -0.15) is 0 Å². The molecule has 0 saturated carbocycles. The van der Waals surface area contributed by atoms with Crippen molar-refractivity contribution in [2.24, 2.45) is 0 Å². The van der Waals surface area contributed by atoms with Crippen LogP contribution < -0.4 is 15.5 Å². The predicted molar refractivity (Wildman–Crippen MR) is 98.8 cm³/mol. The molecular formula is C18H27ClN4O. The molecule has 1 unspecified atom stereocenters. The van der Waals surface area contributed by atoms with E-state index in [4.69, 9.17) is 11.6 Å². The molecule has 1 aromatic rings. The van der Waals surface area contributed by atoms with Crippen LogP contribution in [0.15, 0.2) is 24.3 Å². The fourth-order valence-electron chi connectivity index (χ4n) is 3.45. The van der Waals surface area contributed by atoms with E-state index in [2.05, 4.69) is 26.5 Å². The quantitative estimate of drug-likeness (QED) is 0.767. The van der Waals surface area contributed by atoms with E-state index in [1.165, 1.54) is 5.69 Å². The molecule has 2 heterocycles. The maximum atomic E-state index is 11.9. The van der Waals surface area contributed by atoms with Crippen LogP contribution in [-0.2, 0) is 4.79 Å². The Morgan fingerprint density at radius 3 is 2.83 bits per heavy atom. The van der Waals surface area contributed by atoms with Crippen LogP contribution in [0.1, 0.15) is 19.3 Å². The maximum absolute atomic E-state index is 11.9. The summed E-state index contributed by atoms with van der Waals surface area (Å²) in [5, 5.41) is 7.08. The molecule has 0 spiro atoms. The molecule has 0 aliphatic carbocycles. The molecule has 2 saturated heterocycles. The summed E-state index contributed by atoms with van der Waals surface area (Å²) in [7, 11) is 0. The van der Waals surface area contributed by atoms with Crippen LogP contribution in [0.3, 0.4) is 0 Å². The third-order valence-electron chi connectivity index (χ3n) is 4.87. The smallest absolute Gasteiger partial charge is 0.237 e. The van der Waals surface area contributed by atoms with Crippen molar-refractivity contribution in [1.82, 2.24) is 15.5 Å². The van der Waals surface area contributed by atoms with Crippen LogP contribution in [0.25, 0.3) is 0 Å². The molecular weight excluding hydrogens is 324 g/mol. The SMILES string of the molecule is O=C(NCCCN1CCN(c2cccc(Cl)c2)CC1)C1CCCN1.